The maximum atomic E-state index is 13.5. The highest BCUT2D eigenvalue weighted by Crippen LogP contribution is 2.19. The first kappa shape index (κ1) is 14.3. The van der Waals surface area contributed by atoms with Crippen LogP contribution in [0.5, 0.6) is 0 Å². The van der Waals surface area contributed by atoms with E-state index in [1.807, 2.05) is 0 Å². The fourth-order valence-corrected chi connectivity index (χ4v) is 2.91. The van der Waals surface area contributed by atoms with Crippen molar-refractivity contribution >= 4 is 15.7 Å². The van der Waals surface area contributed by atoms with Crippen LogP contribution < -0.4 is 10.0 Å². The zero-order valence-corrected chi connectivity index (χ0v) is 11.8. The molecule has 0 saturated heterocycles. The maximum absolute atomic E-state index is 13.5. The molecule has 0 aromatic heterocycles. The van der Waals surface area contributed by atoms with Gasteiger partial charge in [-0.3, -0.25) is 4.72 Å². The number of sulfonamides is 1. The zero-order chi connectivity index (χ0) is 13.9. The molecule has 1 aliphatic rings. The molecule has 2 rings (SSSR count). The molecule has 0 heterocycles. The second-order valence-corrected chi connectivity index (χ2v) is 6.83. The Labute approximate surface area is 113 Å². The van der Waals surface area contributed by atoms with Crippen LogP contribution in [0.25, 0.3) is 0 Å². The average Bonchev–Trinajstić information content (AvgIpc) is 3.13. The minimum atomic E-state index is -3.48. The van der Waals surface area contributed by atoms with Gasteiger partial charge < -0.3 is 5.32 Å². The predicted octanol–water partition coefficient (Wildman–Crippen LogP) is 2.02. The van der Waals surface area contributed by atoms with Crippen molar-refractivity contribution in [2.45, 2.75) is 32.2 Å². The van der Waals surface area contributed by atoms with Gasteiger partial charge in [-0.15, -0.1) is 0 Å². The smallest absolute Gasteiger partial charge is 0.232 e. The van der Waals surface area contributed by atoms with Gasteiger partial charge in [0.1, 0.15) is 5.82 Å². The first-order valence-electron chi connectivity index (χ1n) is 6.46. The summed E-state index contributed by atoms with van der Waals surface area (Å²) in [4.78, 5) is 0. The van der Waals surface area contributed by atoms with Crippen molar-refractivity contribution in [3.63, 3.8) is 0 Å². The highest BCUT2D eigenvalue weighted by molar-refractivity contribution is 7.92. The molecule has 106 valence electrons. The van der Waals surface area contributed by atoms with E-state index in [2.05, 4.69) is 10.0 Å². The standard InChI is InChI=1S/C13H19FN2O2S/c1-10-3-6-12(14)13(9-10)16-19(17,18)8-2-7-15-11-4-5-11/h3,6,9,11,15-16H,2,4-5,7-8H2,1H3. The van der Waals surface area contributed by atoms with E-state index in [0.717, 1.165) is 5.56 Å². The van der Waals surface area contributed by atoms with E-state index in [1.165, 1.54) is 25.0 Å². The fourth-order valence-electron chi connectivity index (χ4n) is 1.79. The minimum Gasteiger partial charge on any atom is -0.314 e. The number of rotatable bonds is 7. The molecule has 0 bridgehead atoms. The number of hydrogen-bond acceptors (Lipinski definition) is 3. The van der Waals surface area contributed by atoms with Gasteiger partial charge in [-0.25, -0.2) is 12.8 Å². The molecule has 0 aliphatic heterocycles. The van der Waals surface area contributed by atoms with E-state index in [9.17, 15) is 12.8 Å². The molecule has 2 N–H and O–H groups in total. The monoisotopic (exact) mass is 286 g/mol. The Morgan fingerprint density at radius 3 is 2.79 bits per heavy atom. The number of aryl methyl sites for hydroxylation is 1. The van der Waals surface area contributed by atoms with Crippen molar-refractivity contribution in [1.82, 2.24) is 5.32 Å². The van der Waals surface area contributed by atoms with Gasteiger partial charge >= 0.3 is 0 Å². The Balaban J connectivity index is 1.86. The second-order valence-electron chi connectivity index (χ2n) is 4.99. The summed E-state index contributed by atoms with van der Waals surface area (Å²) in [7, 11) is -3.48. The molecule has 1 saturated carbocycles. The van der Waals surface area contributed by atoms with Crippen LogP contribution in [-0.2, 0) is 10.0 Å². The molecule has 4 nitrogen and oxygen atoms in total. The summed E-state index contributed by atoms with van der Waals surface area (Å²) in [6.45, 7) is 2.47. The first-order valence-corrected chi connectivity index (χ1v) is 8.11. The fraction of sp³-hybridized carbons (Fsp3) is 0.538. The van der Waals surface area contributed by atoms with Gasteiger partial charge in [0, 0.05) is 6.04 Å². The summed E-state index contributed by atoms with van der Waals surface area (Å²) >= 11 is 0. The van der Waals surface area contributed by atoms with Crippen molar-refractivity contribution < 1.29 is 12.8 Å². The Morgan fingerprint density at radius 2 is 2.11 bits per heavy atom. The van der Waals surface area contributed by atoms with Crippen LogP contribution in [-0.4, -0.2) is 26.8 Å². The highest BCUT2D eigenvalue weighted by Gasteiger charge is 2.20. The molecular formula is C13H19FN2O2S. The van der Waals surface area contributed by atoms with Crippen molar-refractivity contribution in [2.75, 3.05) is 17.0 Å². The van der Waals surface area contributed by atoms with E-state index < -0.39 is 15.8 Å². The third-order valence-electron chi connectivity index (χ3n) is 2.99. The molecule has 19 heavy (non-hydrogen) atoms. The quantitative estimate of drug-likeness (QED) is 0.754. The Kier molecular flexibility index (Phi) is 4.42. The molecule has 1 aromatic carbocycles. The molecular weight excluding hydrogens is 267 g/mol. The normalized spacial score (nSPS) is 15.5. The van der Waals surface area contributed by atoms with E-state index in [1.54, 1.807) is 13.0 Å². The van der Waals surface area contributed by atoms with Crippen LogP contribution in [0.15, 0.2) is 18.2 Å². The Morgan fingerprint density at radius 1 is 1.37 bits per heavy atom. The second kappa shape index (κ2) is 5.88. The largest absolute Gasteiger partial charge is 0.314 e. The maximum Gasteiger partial charge on any atom is 0.232 e. The van der Waals surface area contributed by atoms with Crippen LogP contribution in [0.2, 0.25) is 0 Å². The molecule has 1 aromatic rings. The lowest BCUT2D eigenvalue weighted by molar-refractivity contribution is 0.591. The molecule has 0 spiro atoms. The Hall–Kier alpha value is -1.14. The van der Waals surface area contributed by atoms with Crippen LogP contribution in [0.3, 0.4) is 0 Å². The zero-order valence-electron chi connectivity index (χ0n) is 10.9. The number of halogens is 1. The average molecular weight is 286 g/mol. The SMILES string of the molecule is Cc1ccc(F)c(NS(=O)(=O)CCCNC2CC2)c1. The first-order chi connectivity index (χ1) is 8.96. The summed E-state index contributed by atoms with van der Waals surface area (Å²) < 4.78 is 39.4. The molecule has 1 fully saturated rings. The van der Waals surface area contributed by atoms with Crippen LogP contribution in [0.1, 0.15) is 24.8 Å². The van der Waals surface area contributed by atoms with Crippen LogP contribution >= 0.6 is 0 Å². The van der Waals surface area contributed by atoms with Gasteiger partial charge in [-0.1, -0.05) is 6.07 Å². The molecule has 0 atom stereocenters. The van der Waals surface area contributed by atoms with E-state index in [-0.39, 0.29) is 11.4 Å². The number of anilines is 1. The van der Waals surface area contributed by atoms with Crippen molar-refractivity contribution in [3.8, 4) is 0 Å². The lowest BCUT2D eigenvalue weighted by Gasteiger charge is -2.09. The lowest BCUT2D eigenvalue weighted by atomic mass is 10.2. The number of benzene rings is 1. The van der Waals surface area contributed by atoms with E-state index in [4.69, 9.17) is 0 Å². The number of nitrogens with one attached hydrogen (secondary N) is 2. The summed E-state index contributed by atoms with van der Waals surface area (Å²) in [5.74, 6) is -0.551. The van der Waals surface area contributed by atoms with Gasteiger partial charge in [0.05, 0.1) is 11.4 Å². The summed E-state index contributed by atoms with van der Waals surface area (Å²) in [5, 5.41) is 3.25. The number of hydrogen-bond donors (Lipinski definition) is 2. The summed E-state index contributed by atoms with van der Waals surface area (Å²) in [6, 6.07) is 4.94. The summed E-state index contributed by atoms with van der Waals surface area (Å²) in [5.41, 5.74) is 0.838. The van der Waals surface area contributed by atoms with E-state index in [0.29, 0.717) is 19.0 Å². The van der Waals surface area contributed by atoms with Gasteiger partial charge in [-0.2, -0.15) is 0 Å². The minimum absolute atomic E-state index is 0.000101. The Bertz CT molecular complexity index is 542. The molecule has 0 amide bonds. The molecule has 1 aliphatic carbocycles. The predicted molar refractivity (Wildman–Crippen MR) is 74.2 cm³/mol. The third-order valence-corrected chi connectivity index (χ3v) is 4.34. The van der Waals surface area contributed by atoms with Crippen LogP contribution in [0.4, 0.5) is 10.1 Å². The van der Waals surface area contributed by atoms with Gasteiger partial charge in [0.15, 0.2) is 0 Å². The molecule has 6 heteroatoms. The topological polar surface area (TPSA) is 58.2 Å². The molecule has 0 radical (unpaired) electrons. The summed E-state index contributed by atoms with van der Waals surface area (Å²) in [6.07, 6.45) is 2.89. The van der Waals surface area contributed by atoms with Gasteiger partial charge in [0.2, 0.25) is 10.0 Å². The molecule has 0 unspecified atom stereocenters. The van der Waals surface area contributed by atoms with Crippen molar-refractivity contribution in [1.29, 1.82) is 0 Å². The van der Waals surface area contributed by atoms with Gasteiger partial charge in [-0.05, 0) is 50.4 Å². The van der Waals surface area contributed by atoms with Crippen molar-refractivity contribution in [2.24, 2.45) is 0 Å². The van der Waals surface area contributed by atoms with E-state index >= 15 is 0 Å². The van der Waals surface area contributed by atoms with Crippen molar-refractivity contribution in [3.05, 3.63) is 29.6 Å². The third kappa shape index (κ3) is 4.80. The van der Waals surface area contributed by atoms with Crippen LogP contribution in [0, 0.1) is 12.7 Å². The highest BCUT2D eigenvalue weighted by atomic mass is 32.2. The lowest BCUT2D eigenvalue weighted by Crippen LogP contribution is -2.23. The van der Waals surface area contributed by atoms with Gasteiger partial charge in [0.25, 0.3) is 0 Å².